The van der Waals surface area contributed by atoms with E-state index in [0.29, 0.717) is 22.3 Å². The van der Waals surface area contributed by atoms with E-state index in [9.17, 15) is 17.6 Å². The van der Waals surface area contributed by atoms with Gasteiger partial charge in [-0.1, -0.05) is 6.58 Å². The average molecular weight is 563 g/mol. The van der Waals surface area contributed by atoms with E-state index in [0.717, 1.165) is 0 Å². The molecule has 4 aromatic carbocycles. The molecular weight excluding hydrogens is 544 g/mol. The van der Waals surface area contributed by atoms with Crippen LogP contribution in [0.4, 0.5) is 17.6 Å². The summed E-state index contributed by atoms with van der Waals surface area (Å²) in [5.74, 6) is -0.648. The topological polar surface area (TPSA) is 77.3 Å². The Labute approximate surface area is 237 Å². The molecule has 6 aromatic rings. The molecule has 0 fully saturated rings. The molecule has 0 aliphatic carbocycles. The number of hydrogen-bond acceptors (Lipinski definition) is 6. The van der Waals surface area contributed by atoms with Crippen molar-refractivity contribution in [3.8, 4) is 45.6 Å². The zero-order chi connectivity index (χ0) is 29.2. The third kappa shape index (κ3) is 5.64. The third-order valence-corrected chi connectivity index (χ3v) is 6.22. The van der Waals surface area contributed by atoms with Gasteiger partial charge in [0.05, 0.1) is 5.57 Å². The van der Waals surface area contributed by atoms with Gasteiger partial charge in [0, 0.05) is 22.3 Å². The molecule has 42 heavy (non-hydrogen) atoms. The highest BCUT2D eigenvalue weighted by molar-refractivity contribution is 5.75. The van der Waals surface area contributed by atoms with E-state index in [4.69, 9.17) is 0 Å². The molecule has 0 aliphatic heterocycles. The quantitative estimate of drug-likeness (QED) is 0.198. The molecule has 0 amide bonds. The first-order chi connectivity index (χ1) is 20.3. The van der Waals surface area contributed by atoms with E-state index in [1.165, 1.54) is 97.1 Å². The number of nitrogens with zero attached hydrogens (tertiary/aromatic N) is 6. The van der Waals surface area contributed by atoms with Gasteiger partial charge in [0.1, 0.15) is 23.3 Å². The molecule has 0 atom stereocenters. The Morgan fingerprint density at radius 1 is 0.357 bits per heavy atom. The largest absolute Gasteiger partial charge is 0.208 e. The predicted molar refractivity (Wildman–Crippen MR) is 149 cm³/mol. The molecule has 204 valence electrons. The van der Waals surface area contributed by atoms with Crippen molar-refractivity contribution in [2.45, 2.75) is 0 Å². The average Bonchev–Trinajstić information content (AvgIpc) is 3.01. The molecule has 0 saturated carbocycles. The fourth-order valence-corrected chi connectivity index (χ4v) is 4.03. The summed E-state index contributed by atoms with van der Waals surface area (Å²) in [5.41, 5.74) is 2.21. The molecule has 0 aliphatic rings. The maximum absolute atomic E-state index is 13.6. The van der Waals surface area contributed by atoms with Crippen molar-refractivity contribution in [2.75, 3.05) is 0 Å². The molecule has 6 nitrogen and oxygen atoms in total. The van der Waals surface area contributed by atoms with Crippen LogP contribution in [-0.4, -0.2) is 29.9 Å². The minimum Gasteiger partial charge on any atom is -0.208 e. The fourth-order valence-electron chi connectivity index (χ4n) is 4.03. The van der Waals surface area contributed by atoms with Gasteiger partial charge < -0.3 is 0 Å². The molecule has 6 rings (SSSR count). The van der Waals surface area contributed by atoms with Crippen molar-refractivity contribution in [3.05, 3.63) is 139 Å². The van der Waals surface area contributed by atoms with Gasteiger partial charge in [-0.3, -0.25) is 0 Å². The summed E-state index contributed by atoms with van der Waals surface area (Å²) in [6, 6.07) is 22.4. The lowest BCUT2D eigenvalue weighted by Gasteiger charge is -2.11. The molecule has 0 spiro atoms. The monoisotopic (exact) mass is 562 g/mol. The third-order valence-electron chi connectivity index (χ3n) is 6.22. The molecule has 0 saturated heterocycles. The molecule has 2 heterocycles. The van der Waals surface area contributed by atoms with Crippen molar-refractivity contribution < 1.29 is 17.6 Å². The second-order valence-electron chi connectivity index (χ2n) is 9.12. The smallest absolute Gasteiger partial charge is 0.167 e. The summed E-state index contributed by atoms with van der Waals surface area (Å²) in [6.07, 6.45) is 0. The molecule has 0 bridgehead atoms. The lowest BCUT2D eigenvalue weighted by Crippen LogP contribution is -2.07. The molecule has 0 N–H and O–H groups in total. The summed E-state index contributed by atoms with van der Waals surface area (Å²) < 4.78 is 54.6. The van der Waals surface area contributed by atoms with E-state index in [-0.39, 0.29) is 40.5 Å². The van der Waals surface area contributed by atoms with Gasteiger partial charge in [0.2, 0.25) is 0 Å². The van der Waals surface area contributed by atoms with E-state index in [1.807, 2.05) is 0 Å². The standard InChI is InChI=1S/C32H18F4N6/c1-18(27-37-29(19-2-10-23(33)11-3-19)41-30(38-27)20-4-12-24(34)13-5-20)28-39-31(21-6-14-25(35)15-7-21)42-32(40-28)22-8-16-26(36)17-9-22/h2-17H,1H2. The van der Waals surface area contributed by atoms with Crippen LogP contribution in [0.2, 0.25) is 0 Å². The summed E-state index contributed by atoms with van der Waals surface area (Å²) in [7, 11) is 0. The van der Waals surface area contributed by atoms with Crippen LogP contribution < -0.4 is 0 Å². The Balaban J connectivity index is 1.51. The van der Waals surface area contributed by atoms with Gasteiger partial charge >= 0.3 is 0 Å². The highest BCUT2D eigenvalue weighted by Crippen LogP contribution is 2.27. The van der Waals surface area contributed by atoms with Crippen LogP contribution in [0.5, 0.6) is 0 Å². The Morgan fingerprint density at radius 2 is 0.571 bits per heavy atom. The first-order valence-electron chi connectivity index (χ1n) is 12.6. The number of aromatic nitrogens is 6. The van der Waals surface area contributed by atoms with Crippen molar-refractivity contribution in [1.82, 2.24) is 29.9 Å². The van der Waals surface area contributed by atoms with Crippen molar-refractivity contribution in [3.63, 3.8) is 0 Å². The SMILES string of the molecule is C=C(c1nc(-c2ccc(F)cc2)nc(-c2ccc(F)cc2)n1)c1nc(-c2ccc(F)cc2)nc(-c2ccc(F)cc2)n1. The van der Waals surface area contributed by atoms with E-state index in [1.54, 1.807) is 0 Å². The normalized spacial score (nSPS) is 11.0. The molecule has 0 unspecified atom stereocenters. The van der Waals surface area contributed by atoms with Gasteiger partial charge in [-0.25, -0.2) is 47.5 Å². The second-order valence-corrected chi connectivity index (χ2v) is 9.12. The molecule has 10 heteroatoms. The van der Waals surface area contributed by atoms with E-state index in [2.05, 4.69) is 36.5 Å². The summed E-state index contributed by atoms with van der Waals surface area (Å²) in [6.45, 7) is 4.15. The predicted octanol–water partition coefficient (Wildman–Crippen LogP) is 7.34. The van der Waals surface area contributed by atoms with Crippen molar-refractivity contribution >= 4 is 5.57 Å². The fraction of sp³-hybridized carbons (Fsp3) is 0. The van der Waals surface area contributed by atoms with Gasteiger partial charge in [0.15, 0.2) is 34.9 Å². The van der Waals surface area contributed by atoms with Crippen LogP contribution in [0.1, 0.15) is 11.6 Å². The maximum Gasteiger partial charge on any atom is 0.167 e. The van der Waals surface area contributed by atoms with Crippen LogP contribution in [-0.2, 0) is 0 Å². The first-order valence-corrected chi connectivity index (χ1v) is 12.6. The Kier molecular flexibility index (Phi) is 7.02. The number of hydrogen-bond donors (Lipinski definition) is 0. The van der Waals surface area contributed by atoms with Crippen molar-refractivity contribution in [1.29, 1.82) is 0 Å². The summed E-state index contributed by atoms with van der Waals surface area (Å²) >= 11 is 0. The van der Waals surface area contributed by atoms with Crippen LogP contribution in [0, 0.1) is 23.3 Å². The minimum absolute atomic E-state index is 0.102. The lowest BCUT2D eigenvalue weighted by atomic mass is 10.1. The van der Waals surface area contributed by atoms with E-state index >= 15 is 0 Å². The van der Waals surface area contributed by atoms with Gasteiger partial charge in [-0.05, 0) is 97.1 Å². The van der Waals surface area contributed by atoms with Crippen LogP contribution in [0.25, 0.3) is 51.1 Å². The molecular formula is C32H18F4N6. The van der Waals surface area contributed by atoms with Crippen molar-refractivity contribution in [2.24, 2.45) is 0 Å². The van der Waals surface area contributed by atoms with Gasteiger partial charge in [-0.15, -0.1) is 0 Å². The zero-order valence-electron chi connectivity index (χ0n) is 21.6. The van der Waals surface area contributed by atoms with Crippen LogP contribution in [0.3, 0.4) is 0 Å². The molecule has 0 radical (unpaired) electrons. The van der Waals surface area contributed by atoms with Crippen LogP contribution in [0.15, 0.2) is 104 Å². The maximum atomic E-state index is 13.6. The number of benzene rings is 4. The van der Waals surface area contributed by atoms with Gasteiger partial charge in [0.25, 0.3) is 0 Å². The summed E-state index contributed by atoms with van der Waals surface area (Å²) in [5, 5.41) is 0. The lowest BCUT2D eigenvalue weighted by molar-refractivity contribution is 0.627. The highest BCUT2D eigenvalue weighted by Gasteiger charge is 2.19. The zero-order valence-corrected chi connectivity index (χ0v) is 21.6. The van der Waals surface area contributed by atoms with E-state index < -0.39 is 23.3 Å². The number of halogens is 4. The Bertz CT molecular complexity index is 1640. The Hall–Kier alpha value is -5.64. The van der Waals surface area contributed by atoms with Crippen LogP contribution >= 0.6 is 0 Å². The number of rotatable bonds is 6. The second kappa shape index (κ2) is 11.1. The minimum atomic E-state index is -0.428. The molecule has 2 aromatic heterocycles. The highest BCUT2D eigenvalue weighted by atomic mass is 19.1. The summed E-state index contributed by atoms with van der Waals surface area (Å²) in [4.78, 5) is 27.3. The first kappa shape index (κ1) is 26.6. The van der Waals surface area contributed by atoms with Gasteiger partial charge in [-0.2, -0.15) is 0 Å². The Morgan fingerprint density at radius 3 is 0.786 bits per heavy atom.